The number of phenolic OH excluding ortho intramolecular Hbond substituents is 2. The Hall–Kier alpha value is -2.85. The molecule has 3 nitrogen and oxygen atoms in total. The smallest absolute Gasteiger partial charge is 0.158 e. The van der Waals surface area contributed by atoms with Crippen LogP contribution in [-0.4, -0.2) is 15.2 Å². The Balaban J connectivity index is 1.66. The van der Waals surface area contributed by atoms with Gasteiger partial charge in [-0.3, -0.25) is 0 Å². The Morgan fingerprint density at radius 2 is 1.71 bits per heavy atom. The largest absolute Gasteiger partial charge is 0.504 e. The number of benzene rings is 3. The maximum Gasteiger partial charge on any atom is 0.158 e. The fraction of sp³-hybridized carbons (Fsp3) is 0.0500. The molecule has 4 rings (SSSR count). The third-order valence-electron chi connectivity index (χ3n) is 4.04. The number of aromatic nitrogens is 1. The molecule has 4 aromatic rings. The van der Waals surface area contributed by atoms with Gasteiger partial charge in [0.15, 0.2) is 11.5 Å². The molecule has 0 fully saturated rings. The summed E-state index contributed by atoms with van der Waals surface area (Å²) in [6.45, 7) is 0. The topological polar surface area (TPSA) is 53.4 Å². The van der Waals surface area contributed by atoms with Gasteiger partial charge in [0.2, 0.25) is 0 Å². The van der Waals surface area contributed by atoms with Crippen molar-refractivity contribution >= 4 is 22.1 Å². The zero-order valence-electron chi connectivity index (χ0n) is 12.8. The summed E-state index contributed by atoms with van der Waals surface area (Å²) in [5.74, 6) is -0.249. The molecule has 0 saturated carbocycles. The molecular formula is C20H15NO2S. The molecule has 3 aromatic carbocycles. The lowest BCUT2D eigenvalue weighted by Crippen LogP contribution is -1.89. The van der Waals surface area contributed by atoms with E-state index in [1.54, 1.807) is 17.4 Å². The Labute approximate surface area is 143 Å². The minimum atomic E-state index is -0.129. The number of aromatic hydroxyl groups is 2. The molecule has 0 unspecified atom stereocenters. The number of hydrogen-bond acceptors (Lipinski definition) is 4. The predicted octanol–water partition coefficient (Wildman–Crippen LogP) is 4.97. The van der Waals surface area contributed by atoms with Crippen molar-refractivity contribution in [1.82, 2.24) is 4.98 Å². The predicted molar refractivity (Wildman–Crippen MR) is 97.6 cm³/mol. The summed E-state index contributed by atoms with van der Waals surface area (Å²) >= 11 is 1.60. The lowest BCUT2D eigenvalue weighted by molar-refractivity contribution is 0.404. The Bertz CT molecular complexity index is 1020. The molecule has 0 aliphatic carbocycles. The summed E-state index contributed by atoms with van der Waals surface area (Å²) in [4.78, 5) is 4.68. The molecule has 24 heavy (non-hydrogen) atoms. The van der Waals surface area contributed by atoms with E-state index >= 15 is 0 Å². The number of fused-ring (bicyclic) bond motifs is 1. The maximum atomic E-state index is 9.65. The van der Waals surface area contributed by atoms with Crippen LogP contribution in [0.25, 0.3) is 22.0 Å². The second-order valence-electron chi connectivity index (χ2n) is 5.65. The van der Waals surface area contributed by atoms with Crippen LogP contribution in [0.2, 0.25) is 0 Å². The molecule has 0 aliphatic heterocycles. The van der Waals surface area contributed by atoms with Crippen molar-refractivity contribution in [2.24, 2.45) is 0 Å². The first-order valence-electron chi connectivity index (χ1n) is 7.64. The van der Waals surface area contributed by atoms with Gasteiger partial charge in [0.25, 0.3) is 0 Å². The number of rotatable bonds is 3. The normalized spacial score (nSPS) is 11.0. The highest BCUT2D eigenvalue weighted by Gasteiger charge is 2.09. The van der Waals surface area contributed by atoms with Gasteiger partial charge in [-0.25, -0.2) is 4.98 Å². The SMILES string of the molecule is Oc1ccc(-c2csc(Cc3cccc4ccccc34)n2)cc1O. The Morgan fingerprint density at radius 1 is 0.875 bits per heavy atom. The molecule has 0 radical (unpaired) electrons. The summed E-state index contributed by atoms with van der Waals surface area (Å²) in [7, 11) is 0. The van der Waals surface area contributed by atoms with Crippen LogP contribution in [-0.2, 0) is 6.42 Å². The van der Waals surface area contributed by atoms with Crippen molar-refractivity contribution in [3.63, 3.8) is 0 Å². The van der Waals surface area contributed by atoms with Crippen LogP contribution < -0.4 is 0 Å². The highest BCUT2D eigenvalue weighted by molar-refractivity contribution is 7.10. The molecule has 0 amide bonds. The van der Waals surface area contributed by atoms with Crippen LogP contribution in [0.1, 0.15) is 10.6 Å². The average molecular weight is 333 g/mol. The molecule has 0 atom stereocenters. The van der Waals surface area contributed by atoms with Crippen molar-refractivity contribution in [3.8, 4) is 22.8 Å². The van der Waals surface area contributed by atoms with Gasteiger partial charge < -0.3 is 10.2 Å². The van der Waals surface area contributed by atoms with E-state index < -0.39 is 0 Å². The van der Waals surface area contributed by atoms with E-state index in [1.807, 2.05) is 11.4 Å². The fourth-order valence-electron chi connectivity index (χ4n) is 2.82. The van der Waals surface area contributed by atoms with Gasteiger partial charge in [0.05, 0.1) is 10.7 Å². The number of thiazole rings is 1. The summed E-state index contributed by atoms with van der Waals surface area (Å²) in [6, 6.07) is 19.4. The van der Waals surface area contributed by atoms with Gasteiger partial charge in [-0.05, 0) is 34.5 Å². The first-order valence-corrected chi connectivity index (χ1v) is 8.52. The summed E-state index contributed by atoms with van der Waals surface area (Å²) in [6.07, 6.45) is 0.774. The zero-order valence-corrected chi connectivity index (χ0v) is 13.6. The highest BCUT2D eigenvalue weighted by atomic mass is 32.1. The summed E-state index contributed by atoms with van der Waals surface area (Å²) in [5.41, 5.74) is 2.86. The highest BCUT2D eigenvalue weighted by Crippen LogP contribution is 2.31. The van der Waals surface area contributed by atoms with Crippen LogP contribution >= 0.6 is 11.3 Å². The van der Waals surface area contributed by atoms with Crippen LogP contribution in [0, 0.1) is 0 Å². The lowest BCUT2D eigenvalue weighted by Gasteiger charge is -2.04. The van der Waals surface area contributed by atoms with Crippen LogP contribution in [0.3, 0.4) is 0 Å². The van der Waals surface area contributed by atoms with E-state index in [1.165, 1.54) is 28.5 Å². The first-order chi connectivity index (χ1) is 11.7. The van der Waals surface area contributed by atoms with Crippen molar-refractivity contribution in [2.75, 3.05) is 0 Å². The molecular weight excluding hydrogens is 318 g/mol. The summed E-state index contributed by atoms with van der Waals surface area (Å²) in [5, 5.41) is 24.6. The van der Waals surface area contributed by atoms with Gasteiger partial charge in [-0.15, -0.1) is 11.3 Å². The summed E-state index contributed by atoms with van der Waals surface area (Å²) < 4.78 is 0. The average Bonchev–Trinajstić information content (AvgIpc) is 3.06. The third kappa shape index (κ3) is 2.72. The molecule has 0 saturated heterocycles. The first kappa shape index (κ1) is 14.7. The molecule has 1 aromatic heterocycles. The number of phenols is 2. The van der Waals surface area contributed by atoms with E-state index in [2.05, 4.69) is 41.4 Å². The third-order valence-corrected chi connectivity index (χ3v) is 4.89. The molecule has 1 heterocycles. The second-order valence-corrected chi connectivity index (χ2v) is 6.59. The van der Waals surface area contributed by atoms with Crippen LogP contribution in [0.15, 0.2) is 66.0 Å². The van der Waals surface area contributed by atoms with Crippen molar-refractivity contribution in [3.05, 3.63) is 76.6 Å². The molecule has 0 spiro atoms. The van der Waals surface area contributed by atoms with E-state index in [9.17, 15) is 10.2 Å². The van der Waals surface area contributed by atoms with Gasteiger partial charge in [0, 0.05) is 17.4 Å². The molecule has 0 bridgehead atoms. The quantitative estimate of drug-likeness (QED) is 0.521. The van der Waals surface area contributed by atoms with E-state index in [0.29, 0.717) is 0 Å². The van der Waals surface area contributed by atoms with E-state index in [4.69, 9.17) is 0 Å². The van der Waals surface area contributed by atoms with E-state index in [-0.39, 0.29) is 11.5 Å². The lowest BCUT2D eigenvalue weighted by atomic mass is 10.0. The molecule has 4 heteroatoms. The maximum absolute atomic E-state index is 9.65. The fourth-order valence-corrected chi connectivity index (χ4v) is 3.64. The zero-order chi connectivity index (χ0) is 16.5. The van der Waals surface area contributed by atoms with Crippen LogP contribution in [0.4, 0.5) is 0 Å². The van der Waals surface area contributed by atoms with Crippen molar-refractivity contribution < 1.29 is 10.2 Å². The molecule has 118 valence electrons. The van der Waals surface area contributed by atoms with Crippen molar-refractivity contribution in [2.45, 2.75) is 6.42 Å². The minimum Gasteiger partial charge on any atom is -0.504 e. The Morgan fingerprint density at radius 3 is 2.58 bits per heavy atom. The molecule has 0 aliphatic rings. The second kappa shape index (κ2) is 5.98. The standard InChI is InChI=1S/C20H15NO2S/c22-18-9-8-15(10-19(18)23)17-12-24-20(21-17)11-14-6-3-5-13-4-1-2-7-16(13)14/h1-10,12,22-23H,11H2. The van der Waals surface area contributed by atoms with Gasteiger partial charge in [-0.2, -0.15) is 0 Å². The molecule has 2 N–H and O–H groups in total. The Kier molecular flexibility index (Phi) is 3.67. The number of hydrogen-bond donors (Lipinski definition) is 2. The monoisotopic (exact) mass is 333 g/mol. The minimum absolute atomic E-state index is 0.120. The van der Waals surface area contributed by atoms with Gasteiger partial charge >= 0.3 is 0 Å². The van der Waals surface area contributed by atoms with Gasteiger partial charge in [-0.1, -0.05) is 42.5 Å². The van der Waals surface area contributed by atoms with Crippen LogP contribution in [0.5, 0.6) is 11.5 Å². The number of nitrogens with zero attached hydrogens (tertiary/aromatic N) is 1. The van der Waals surface area contributed by atoms with Gasteiger partial charge in [0.1, 0.15) is 0 Å². The van der Waals surface area contributed by atoms with Crippen molar-refractivity contribution in [1.29, 1.82) is 0 Å². The van der Waals surface area contributed by atoms with E-state index in [0.717, 1.165) is 22.7 Å².